The van der Waals surface area contributed by atoms with E-state index in [1.807, 2.05) is 17.8 Å². The minimum atomic E-state index is 0.393. The van der Waals surface area contributed by atoms with E-state index in [-0.39, 0.29) is 0 Å². The first-order valence-electron chi connectivity index (χ1n) is 6.98. The van der Waals surface area contributed by atoms with Crippen molar-refractivity contribution in [3.8, 4) is 11.3 Å². The number of anilines is 1. The van der Waals surface area contributed by atoms with Crippen molar-refractivity contribution in [1.82, 2.24) is 10.2 Å². The Hall–Kier alpha value is -2.20. The van der Waals surface area contributed by atoms with E-state index >= 15 is 0 Å². The van der Waals surface area contributed by atoms with Crippen LogP contribution in [0.1, 0.15) is 11.6 Å². The molecule has 0 saturated heterocycles. The van der Waals surface area contributed by atoms with E-state index in [1.54, 1.807) is 6.20 Å². The van der Waals surface area contributed by atoms with E-state index in [0.717, 1.165) is 22.7 Å². The molecule has 1 unspecified atom stereocenters. The molecule has 0 fully saturated rings. The van der Waals surface area contributed by atoms with Gasteiger partial charge in [-0.3, -0.25) is 5.10 Å². The first-order valence-corrected chi connectivity index (χ1v) is 7.97. The Morgan fingerprint density at radius 3 is 2.71 bits per heavy atom. The van der Waals surface area contributed by atoms with Crippen LogP contribution in [0.25, 0.3) is 11.3 Å². The van der Waals surface area contributed by atoms with Crippen LogP contribution in [0.4, 0.5) is 5.69 Å². The van der Waals surface area contributed by atoms with Crippen LogP contribution in [0.2, 0.25) is 0 Å². The van der Waals surface area contributed by atoms with Gasteiger partial charge >= 0.3 is 0 Å². The molecule has 2 N–H and O–H groups in total. The second-order valence-corrected chi connectivity index (χ2v) is 6.16. The molecule has 1 aromatic heterocycles. The zero-order valence-electron chi connectivity index (χ0n) is 11.4. The summed E-state index contributed by atoms with van der Waals surface area (Å²) >= 11 is 1.92. The Morgan fingerprint density at radius 1 is 1.05 bits per heavy atom. The summed E-state index contributed by atoms with van der Waals surface area (Å²) in [6.45, 7) is 0. The molecular formula is C17H15N3S. The van der Waals surface area contributed by atoms with E-state index in [2.05, 4.69) is 64.0 Å². The van der Waals surface area contributed by atoms with Gasteiger partial charge in [0, 0.05) is 22.5 Å². The molecule has 0 aliphatic carbocycles. The lowest BCUT2D eigenvalue weighted by Gasteiger charge is -2.15. The van der Waals surface area contributed by atoms with Crippen LogP contribution in [0.5, 0.6) is 0 Å². The van der Waals surface area contributed by atoms with Crippen LogP contribution in [0, 0.1) is 0 Å². The van der Waals surface area contributed by atoms with Gasteiger partial charge in [-0.2, -0.15) is 5.10 Å². The number of hydrogen-bond acceptors (Lipinski definition) is 3. The van der Waals surface area contributed by atoms with Gasteiger partial charge in [0.1, 0.15) is 0 Å². The van der Waals surface area contributed by atoms with Gasteiger partial charge in [-0.05, 0) is 35.4 Å². The monoisotopic (exact) mass is 293 g/mol. The van der Waals surface area contributed by atoms with Gasteiger partial charge in [-0.25, -0.2) is 0 Å². The standard InChI is InChI=1S/C17H15N3S/c1-2-4-17-14(3-1)16(11-21-17)19-13-7-5-12(6-8-13)15-9-10-18-20-15/h1-10,16,19H,11H2,(H,18,20). The second kappa shape index (κ2) is 5.30. The van der Waals surface area contributed by atoms with Gasteiger partial charge < -0.3 is 5.32 Å². The van der Waals surface area contributed by atoms with Crippen LogP contribution in [-0.4, -0.2) is 16.0 Å². The molecule has 0 bridgehead atoms. The van der Waals surface area contributed by atoms with Crippen molar-refractivity contribution in [2.75, 3.05) is 11.1 Å². The first-order chi connectivity index (χ1) is 10.4. The number of aromatic amines is 1. The third-order valence-corrected chi connectivity index (χ3v) is 4.92. The normalized spacial score (nSPS) is 16.7. The zero-order chi connectivity index (χ0) is 14.1. The van der Waals surface area contributed by atoms with Crippen molar-refractivity contribution in [2.24, 2.45) is 0 Å². The number of aromatic nitrogens is 2. The Bertz CT molecular complexity index is 735. The lowest BCUT2D eigenvalue weighted by Crippen LogP contribution is -2.09. The number of hydrogen-bond donors (Lipinski definition) is 2. The third-order valence-electron chi connectivity index (χ3n) is 3.74. The predicted octanol–water partition coefficient (Wildman–Crippen LogP) is 4.34. The highest BCUT2D eigenvalue weighted by molar-refractivity contribution is 7.99. The summed E-state index contributed by atoms with van der Waals surface area (Å²) in [5, 5.41) is 10.6. The van der Waals surface area contributed by atoms with Gasteiger partial charge in [0.2, 0.25) is 0 Å². The summed E-state index contributed by atoms with van der Waals surface area (Å²) in [5.41, 5.74) is 4.75. The average Bonchev–Trinajstić information content (AvgIpc) is 3.19. The highest BCUT2D eigenvalue weighted by Crippen LogP contribution is 2.39. The van der Waals surface area contributed by atoms with E-state index in [9.17, 15) is 0 Å². The summed E-state index contributed by atoms with van der Waals surface area (Å²) in [5.74, 6) is 1.08. The van der Waals surface area contributed by atoms with Gasteiger partial charge in [-0.15, -0.1) is 11.8 Å². The molecule has 4 heteroatoms. The molecule has 0 radical (unpaired) electrons. The summed E-state index contributed by atoms with van der Waals surface area (Å²) in [6, 6.07) is 19.5. The minimum absolute atomic E-state index is 0.393. The Labute approximate surface area is 127 Å². The fourth-order valence-electron chi connectivity index (χ4n) is 2.65. The minimum Gasteiger partial charge on any atom is -0.377 e. The second-order valence-electron chi connectivity index (χ2n) is 5.09. The number of thioether (sulfide) groups is 1. The van der Waals surface area contributed by atoms with Crippen LogP contribution in [0.3, 0.4) is 0 Å². The number of nitrogens with one attached hydrogen (secondary N) is 2. The molecule has 3 aromatic rings. The van der Waals surface area contributed by atoms with Crippen molar-refractivity contribution in [3.05, 3.63) is 66.4 Å². The first kappa shape index (κ1) is 12.5. The van der Waals surface area contributed by atoms with Crippen LogP contribution in [0.15, 0.2) is 65.7 Å². The average molecular weight is 293 g/mol. The maximum absolute atomic E-state index is 3.99. The van der Waals surface area contributed by atoms with Crippen molar-refractivity contribution in [3.63, 3.8) is 0 Å². The Kier molecular flexibility index (Phi) is 3.16. The highest BCUT2D eigenvalue weighted by atomic mass is 32.2. The molecule has 104 valence electrons. The summed E-state index contributed by atoms with van der Waals surface area (Å²) in [4.78, 5) is 1.39. The summed E-state index contributed by atoms with van der Waals surface area (Å²) in [6.07, 6.45) is 1.77. The fraction of sp³-hybridized carbons (Fsp3) is 0.118. The molecule has 1 aliphatic rings. The Morgan fingerprint density at radius 2 is 1.90 bits per heavy atom. The molecule has 2 heterocycles. The van der Waals surface area contributed by atoms with Crippen LogP contribution >= 0.6 is 11.8 Å². The van der Waals surface area contributed by atoms with Crippen LogP contribution < -0.4 is 5.32 Å². The molecule has 1 aliphatic heterocycles. The van der Waals surface area contributed by atoms with Gasteiger partial charge in [0.25, 0.3) is 0 Å². The lowest BCUT2D eigenvalue weighted by atomic mass is 10.1. The van der Waals surface area contributed by atoms with Crippen LogP contribution in [-0.2, 0) is 0 Å². The molecule has 4 rings (SSSR count). The zero-order valence-corrected chi connectivity index (χ0v) is 12.2. The van der Waals surface area contributed by atoms with Crippen molar-refractivity contribution >= 4 is 17.4 Å². The summed E-state index contributed by atoms with van der Waals surface area (Å²) < 4.78 is 0. The quantitative estimate of drug-likeness (QED) is 0.755. The highest BCUT2D eigenvalue weighted by Gasteiger charge is 2.22. The molecule has 2 aromatic carbocycles. The predicted molar refractivity (Wildman–Crippen MR) is 87.6 cm³/mol. The smallest absolute Gasteiger partial charge is 0.0650 e. The van der Waals surface area contributed by atoms with Crippen molar-refractivity contribution in [2.45, 2.75) is 10.9 Å². The van der Waals surface area contributed by atoms with E-state index < -0.39 is 0 Å². The van der Waals surface area contributed by atoms with E-state index in [0.29, 0.717) is 6.04 Å². The number of benzene rings is 2. The maximum atomic E-state index is 3.99. The van der Waals surface area contributed by atoms with Gasteiger partial charge in [-0.1, -0.05) is 30.3 Å². The molecule has 21 heavy (non-hydrogen) atoms. The third kappa shape index (κ3) is 2.43. The van der Waals surface area contributed by atoms with E-state index in [4.69, 9.17) is 0 Å². The molecule has 1 atom stereocenters. The fourth-order valence-corrected chi connectivity index (χ4v) is 3.81. The molecule has 0 amide bonds. The van der Waals surface area contributed by atoms with Crippen molar-refractivity contribution in [1.29, 1.82) is 0 Å². The Balaban J connectivity index is 1.53. The molecule has 0 saturated carbocycles. The number of fused-ring (bicyclic) bond motifs is 1. The van der Waals surface area contributed by atoms with Crippen molar-refractivity contribution < 1.29 is 0 Å². The SMILES string of the molecule is c1ccc2c(c1)SCC2Nc1ccc(-c2ccn[nH]2)cc1. The number of rotatable bonds is 3. The molecule has 0 spiro atoms. The largest absolute Gasteiger partial charge is 0.377 e. The molecular weight excluding hydrogens is 278 g/mol. The van der Waals surface area contributed by atoms with E-state index in [1.165, 1.54) is 10.5 Å². The topological polar surface area (TPSA) is 40.7 Å². The lowest BCUT2D eigenvalue weighted by molar-refractivity contribution is 0.900. The molecule has 3 nitrogen and oxygen atoms in total. The maximum Gasteiger partial charge on any atom is 0.0650 e. The number of H-pyrrole nitrogens is 1. The van der Waals surface area contributed by atoms with Gasteiger partial charge in [0.05, 0.1) is 11.7 Å². The number of nitrogens with zero attached hydrogens (tertiary/aromatic N) is 1. The summed E-state index contributed by atoms with van der Waals surface area (Å²) in [7, 11) is 0. The van der Waals surface area contributed by atoms with Gasteiger partial charge in [0.15, 0.2) is 0 Å².